The van der Waals surface area contributed by atoms with Gasteiger partial charge < -0.3 is 10.2 Å². The maximum atomic E-state index is 15.1. The maximum absolute atomic E-state index is 15.1. The van der Waals surface area contributed by atoms with Gasteiger partial charge in [-0.3, -0.25) is 14.5 Å². The van der Waals surface area contributed by atoms with E-state index < -0.39 is 40.5 Å². The van der Waals surface area contributed by atoms with Crippen molar-refractivity contribution in [3.8, 4) is 6.07 Å². The molecule has 0 saturated carbocycles. The number of amides is 2. The quantitative estimate of drug-likeness (QED) is 0.360. The van der Waals surface area contributed by atoms with Crippen molar-refractivity contribution in [3.63, 3.8) is 0 Å². The van der Waals surface area contributed by atoms with E-state index in [9.17, 15) is 22.8 Å². The lowest BCUT2D eigenvalue weighted by Gasteiger charge is -2.29. The number of benzene rings is 2. The lowest BCUT2D eigenvalue weighted by atomic mass is 10.0. The smallest absolute Gasteiger partial charge is 0.345 e. The van der Waals surface area contributed by atoms with Crippen LogP contribution < -0.4 is 15.1 Å². The van der Waals surface area contributed by atoms with E-state index in [2.05, 4.69) is 15.3 Å². The third-order valence-electron chi connectivity index (χ3n) is 6.09. The topological polar surface area (TPSA) is 102 Å². The zero-order valence-corrected chi connectivity index (χ0v) is 21.6. The molecule has 1 fully saturated rings. The summed E-state index contributed by atoms with van der Waals surface area (Å²) in [6.07, 6.45) is -3.40. The molecule has 3 aromatic rings. The lowest BCUT2D eigenvalue weighted by Crippen LogP contribution is -2.44. The number of hydrogen-bond acceptors (Lipinski definition) is 6. The van der Waals surface area contributed by atoms with E-state index >= 15 is 4.39 Å². The summed E-state index contributed by atoms with van der Waals surface area (Å²) >= 11 is 5.47. The highest BCUT2D eigenvalue weighted by Gasteiger charge is 2.50. The summed E-state index contributed by atoms with van der Waals surface area (Å²) in [6, 6.07) is 9.97. The molecule has 0 aliphatic carbocycles. The Kier molecular flexibility index (Phi) is 7.10. The first kappa shape index (κ1) is 27.6. The standard InChI is InChI=1S/C26H20F4N6O2S/c1-14-8-9-32-21(34-14)22(37)33-13-16-5-7-18(11-20(16)27)36-24(39)35(23(38)25(36,2)3)17-6-4-15(12-31)19(10-17)26(28,29)30/h4-11H,13H2,1-3H3,(H,33,37). The molecule has 200 valence electrons. The van der Waals surface area contributed by atoms with Crippen molar-refractivity contribution in [2.75, 3.05) is 9.80 Å². The Morgan fingerprint density at radius 1 is 1.15 bits per heavy atom. The summed E-state index contributed by atoms with van der Waals surface area (Å²) in [7, 11) is 0. The van der Waals surface area contributed by atoms with Gasteiger partial charge in [-0.15, -0.1) is 0 Å². The number of carbonyl (C=O) groups is 2. The fourth-order valence-electron chi connectivity index (χ4n) is 4.09. The third kappa shape index (κ3) is 5.15. The van der Waals surface area contributed by atoms with Crippen LogP contribution in [0.1, 0.15) is 46.9 Å². The number of anilines is 2. The van der Waals surface area contributed by atoms with Crippen LogP contribution in [0.5, 0.6) is 0 Å². The van der Waals surface area contributed by atoms with Crippen LogP contribution in [0.2, 0.25) is 0 Å². The van der Waals surface area contributed by atoms with E-state index in [1.165, 1.54) is 49.2 Å². The van der Waals surface area contributed by atoms with Gasteiger partial charge >= 0.3 is 6.18 Å². The molecule has 13 heteroatoms. The summed E-state index contributed by atoms with van der Waals surface area (Å²) in [5.41, 5.74) is -2.46. The molecule has 0 bridgehead atoms. The highest BCUT2D eigenvalue weighted by atomic mass is 32.1. The molecule has 0 unspecified atom stereocenters. The van der Waals surface area contributed by atoms with Crippen LogP contribution in [0.25, 0.3) is 0 Å². The number of carbonyl (C=O) groups excluding carboxylic acids is 2. The van der Waals surface area contributed by atoms with Crippen molar-refractivity contribution in [3.05, 3.63) is 82.7 Å². The number of hydrogen-bond donors (Lipinski definition) is 1. The van der Waals surface area contributed by atoms with E-state index in [1.807, 2.05) is 0 Å². The number of thiocarbonyl (C=S) groups is 1. The van der Waals surface area contributed by atoms with Crippen LogP contribution in [0.15, 0.2) is 48.7 Å². The van der Waals surface area contributed by atoms with E-state index in [1.54, 1.807) is 13.0 Å². The molecule has 1 saturated heterocycles. The number of aromatic nitrogens is 2. The summed E-state index contributed by atoms with van der Waals surface area (Å²) in [4.78, 5) is 35.8. The molecular weight excluding hydrogens is 536 g/mol. The average molecular weight is 557 g/mol. The molecule has 1 aliphatic rings. The zero-order chi connectivity index (χ0) is 28.7. The Hall–Kier alpha value is -4.44. The molecule has 1 aliphatic heterocycles. The number of nitrogens with one attached hydrogen (secondary N) is 1. The monoisotopic (exact) mass is 556 g/mol. The highest BCUT2D eigenvalue weighted by molar-refractivity contribution is 7.81. The Balaban J connectivity index is 1.61. The van der Waals surface area contributed by atoms with Gasteiger partial charge in [-0.05, 0) is 69.4 Å². The number of aryl methyl sites for hydroxylation is 1. The van der Waals surface area contributed by atoms with Crippen LogP contribution in [-0.4, -0.2) is 32.4 Å². The second-order valence-electron chi connectivity index (χ2n) is 9.14. The molecule has 2 heterocycles. The zero-order valence-electron chi connectivity index (χ0n) is 20.8. The van der Waals surface area contributed by atoms with Crippen LogP contribution in [-0.2, 0) is 17.5 Å². The van der Waals surface area contributed by atoms with Gasteiger partial charge in [0.05, 0.1) is 22.9 Å². The minimum atomic E-state index is -4.83. The van der Waals surface area contributed by atoms with Gasteiger partial charge in [0.15, 0.2) is 5.11 Å². The van der Waals surface area contributed by atoms with Crippen molar-refractivity contribution in [2.24, 2.45) is 0 Å². The Bertz CT molecular complexity index is 1550. The van der Waals surface area contributed by atoms with Crippen molar-refractivity contribution in [1.82, 2.24) is 15.3 Å². The normalized spacial score (nSPS) is 14.9. The number of nitrogens with zero attached hydrogens (tertiary/aromatic N) is 5. The molecular formula is C26H20F4N6O2S. The number of rotatable bonds is 5. The second kappa shape index (κ2) is 10.0. The molecule has 1 aromatic heterocycles. The molecule has 0 spiro atoms. The van der Waals surface area contributed by atoms with Gasteiger partial charge in [0.2, 0.25) is 5.82 Å². The molecule has 2 amide bonds. The lowest BCUT2D eigenvalue weighted by molar-refractivity contribution is -0.137. The molecule has 1 N–H and O–H groups in total. The molecule has 8 nitrogen and oxygen atoms in total. The molecule has 2 aromatic carbocycles. The SMILES string of the molecule is Cc1ccnc(C(=O)NCc2ccc(N3C(=S)N(c4ccc(C#N)c(C(F)(F)F)c4)C(=O)C3(C)C)cc2F)n1. The van der Waals surface area contributed by atoms with Gasteiger partial charge in [0, 0.05) is 29.7 Å². The average Bonchev–Trinajstić information content (AvgIpc) is 3.05. The van der Waals surface area contributed by atoms with Gasteiger partial charge in [-0.1, -0.05) is 6.07 Å². The minimum Gasteiger partial charge on any atom is -0.345 e. The van der Waals surface area contributed by atoms with Crippen LogP contribution in [0.3, 0.4) is 0 Å². The highest BCUT2D eigenvalue weighted by Crippen LogP contribution is 2.39. The summed E-state index contributed by atoms with van der Waals surface area (Å²) < 4.78 is 55.7. The van der Waals surface area contributed by atoms with E-state index in [0.717, 1.165) is 17.0 Å². The minimum absolute atomic E-state index is 0.0636. The second-order valence-corrected chi connectivity index (χ2v) is 9.50. The largest absolute Gasteiger partial charge is 0.417 e. The Morgan fingerprint density at radius 2 is 1.85 bits per heavy atom. The molecule has 0 radical (unpaired) electrons. The summed E-state index contributed by atoms with van der Waals surface area (Å²) in [6.45, 7) is 4.53. The van der Waals surface area contributed by atoms with E-state index in [-0.39, 0.29) is 34.4 Å². The van der Waals surface area contributed by atoms with Gasteiger partial charge in [0.25, 0.3) is 11.8 Å². The van der Waals surface area contributed by atoms with Crippen LogP contribution >= 0.6 is 12.2 Å². The first-order chi connectivity index (χ1) is 18.3. The van der Waals surface area contributed by atoms with Crippen molar-refractivity contribution in [2.45, 2.75) is 39.0 Å². The van der Waals surface area contributed by atoms with E-state index in [4.69, 9.17) is 17.5 Å². The van der Waals surface area contributed by atoms with Crippen molar-refractivity contribution < 1.29 is 27.2 Å². The Labute approximate surface area is 225 Å². The first-order valence-electron chi connectivity index (χ1n) is 11.4. The predicted octanol–water partition coefficient (Wildman–Crippen LogP) is 4.66. The molecule has 39 heavy (non-hydrogen) atoms. The van der Waals surface area contributed by atoms with Crippen molar-refractivity contribution >= 4 is 40.5 Å². The van der Waals surface area contributed by atoms with Crippen molar-refractivity contribution in [1.29, 1.82) is 5.26 Å². The fourth-order valence-corrected chi connectivity index (χ4v) is 4.61. The van der Waals surface area contributed by atoms with Gasteiger partial charge in [0.1, 0.15) is 11.4 Å². The first-order valence-corrected chi connectivity index (χ1v) is 11.8. The molecule has 0 atom stereocenters. The number of alkyl halides is 3. The fraction of sp³-hybridized carbons (Fsp3) is 0.231. The number of halogens is 4. The molecule has 4 rings (SSSR count). The maximum Gasteiger partial charge on any atom is 0.417 e. The summed E-state index contributed by atoms with van der Waals surface area (Å²) in [5, 5.41) is 11.4. The van der Waals surface area contributed by atoms with Gasteiger partial charge in [-0.2, -0.15) is 18.4 Å². The van der Waals surface area contributed by atoms with Crippen LogP contribution in [0, 0.1) is 24.1 Å². The van der Waals surface area contributed by atoms with E-state index in [0.29, 0.717) is 11.8 Å². The summed E-state index contributed by atoms with van der Waals surface area (Å²) in [5.74, 6) is -2.00. The van der Waals surface area contributed by atoms with Crippen LogP contribution in [0.4, 0.5) is 28.9 Å². The Morgan fingerprint density at radius 3 is 2.46 bits per heavy atom. The predicted molar refractivity (Wildman–Crippen MR) is 137 cm³/mol. The third-order valence-corrected chi connectivity index (χ3v) is 6.45. The van der Waals surface area contributed by atoms with Gasteiger partial charge in [-0.25, -0.2) is 14.4 Å². The number of nitriles is 1.